The minimum absolute atomic E-state index is 0. The zero-order valence-corrected chi connectivity index (χ0v) is 16.4. The molecule has 1 unspecified atom stereocenters. The summed E-state index contributed by atoms with van der Waals surface area (Å²) >= 11 is 1.82. The van der Waals surface area contributed by atoms with Crippen LogP contribution in [-0.2, 0) is 9.53 Å². The number of halogens is 1. The van der Waals surface area contributed by atoms with Crippen LogP contribution in [-0.4, -0.2) is 24.7 Å². The van der Waals surface area contributed by atoms with Crippen molar-refractivity contribution in [2.45, 2.75) is 42.1 Å². The molecular weight excluding hydrogens is 368 g/mol. The summed E-state index contributed by atoms with van der Waals surface area (Å²) in [7, 11) is 0. The molecular formula is C20H25ClN2O2S. The number of carbonyl (C=O) groups is 1. The first-order chi connectivity index (χ1) is 12.2. The Balaban J connectivity index is 0.00000243. The highest BCUT2D eigenvalue weighted by atomic mass is 35.5. The third kappa shape index (κ3) is 5.48. The van der Waals surface area contributed by atoms with E-state index in [0.717, 1.165) is 18.5 Å². The van der Waals surface area contributed by atoms with Crippen LogP contribution in [0.25, 0.3) is 0 Å². The molecule has 3 N–H and O–H groups in total. The molecule has 1 heterocycles. The largest absolute Gasteiger partial charge is 0.364 e. The molecule has 0 aromatic heterocycles. The van der Waals surface area contributed by atoms with Gasteiger partial charge in [-0.25, -0.2) is 0 Å². The van der Waals surface area contributed by atoms with Crippen LogP contribution >= 0.6 is 24.2 Å². The van der Waals surface area contributed by atoms with Crippen molar-refractivity contribution in [3.63, 3.8) is 0 Å². The Morgan fingerprint density at radius 1 is 1.19 bits per heavy atom. The first kappa shape index (κ1) is 20.8. The molecule has 1 aliphatic rings. The van der Waals surface area contributed by atoms with Crippen LogP contribution in [0.5, 0.6) is 0 Å². The molecule has 3 atom stereocenters. The molecule has 0 radical (unpaired) electrons. The molecule has 3 rings (SSSR count). The van der Waals surface area contributed by atoms with Crippen LogP contribution in [0, 0.1) is 0 Å². The lowest BCUT2D eigenvalue weighted by Gasteiger charge is -2.14. The SMILES string of the molecule is CC(Sc1ccccc1)c1ccc(NC(=O)[C@@H]2CC[C@H](CN)O2)cc1.Cl. The van der Waals surface area contributed by atoms with Gasteiger partial charge in [-0.15, -0.1) is 24.2 Å². The van der Waals surface area contributed by atoms with Gasteiger partial charge in [-0.2, -0.15) is 0 Å². The van der Waals surface area contributed by atoms with Gasteiger partial charge >= 0.3 is 0 Å². The number of hydrogen-bond donors (Lipinski definition) is 2. The number of carbonyl (C=O) groups excluding carboxylic acids is 1. The Hall–Kier alpha value is -1.53. The van der Waals surface area contributed by atoms with Crippen LogP contribution < -0.4 is 11.1 Å². The smallest absolute Gasteiger partial charge is 0.253 e. The molecule has 1 saturated heterocycles. The number of thioether (sulfide) groups is 1. The second-order valence-electron chi connectivity index (χ2n) is 6.24. The summed E-state index contributed by atoms with van der Waals surface area (Å²) in [4.78, 5) is 13.5. The Labute approximate surface area is 165 Å². The van der Waals surface area contributed by atoms with E-state index in [1.807, 2.05) is 42.1 Å². The number of hydrogen-bond acceptors (Lipinski definition) is 4. The number of ether oxygens (including phenoxy) is 1. The molecule has 6 heteroatoms. The average molecular weight is 393 g/mol. The van der Waals surface area contributed by atoms with Gasteiger partial charge in [0.1, 0.15) is 6.10 Å². The van der Waals surface area contributed by atoms with Crippen molar-refractivity contribution in [3.8, 4) is 0 Å². The van der Waals surface area contributed by atoms with E-state index in [4.69, 9.17) is 10.5 Å². The standard InChI is InChI=1S/C20H24N2O2S.ClH/c1-14(25-18-5-3-2-4-6-18)15-7-9-16(10-8-15)22-20(23)19-12-11-17(13-21)24-19;/h2-10,14,17,19H,11-13,21H2,1H3,(H,22,23);1H/t14?,17-,19+;/m1./s1. The quantitative estimate of drug-likeness (QED) is 0.715. The summed E-state index contributed by atoms with van der Waals surface area (Å²) < 4.78 is 5.63. The maximum absolute atomic E-state index is 12.3. The molecule has 0 saturated carbocycles. The lowest BCUT2D eigenvalue weighted by atomic mass is 10.1. The van der Waals surface area contributed by atoms with E-state index in [1.165, 1.54) is 10.5 Å². The van der Waals surface area contributed by atoms with Gasteiger partial charge in [0.15, 0.2) is 0 Å². The van der Waals surface area contributed by atoms with Crippen molar-refractivity contribution in [2.24, 2.45) is 5.73 Å². The third-order valence-corrected chi connectivity index (χ3v) is 5.54. The minimum atomic E-state index is -0.388. The van der Waals surface area contributed by atoms with Gasteiger partial charge in [0, 0.05) is 22.4 Å². The molecule has 2 aromatic carbocycles. The first-order valence-electron chi connectivity index (χ1n) is 8.64. The zero-order valence-electron chi connectivity index (χ0n) is 14.8. The van der Waals surface area contributed by atoms with Crippen molar-refractivity contribution < 1.29 is 9.53 Å². The number of nitrogens with two attached hydrogens (primary N) is 1. The van der Waals surface area contributed by atoms with Crippen molar-refractivity contribution in [3.05, 3.63) is 60.2 Å². The highest BCUT2D eigenvalue weighted by Crippen LogP contribution is 2.34. The molecule has 4 nitrogen and oxygen atoms in total. The topological polar surface area (TPSA) is 64.4 Å². The lowest BCUT2D eigenvalue weighted by molar-refractivity contribution is -0.126. The lowest BCUT2D eigenvalue weighted by Crippen LogP contribution is -2.29. The molecule has 0 bridgehead atoms. The van der Waals surface area contributed by atoms with E-state index in [0.29, 0.717) is 11.8 Å². The van der Waals surface area contributed by atoms with Crippen LogP contribution in [0.4, 0.5) is 5.69 Å². The fraction of sp³-hybridized carbons (Fsp3) is 0.350. The second-order valence-corrected chi connectivity index (χ2v) is 7.66. The molecule has 140 valence electrons. The van der Waals surface area contributed by atoms with Crippen LogP contribution in [0.1, 0.15) is 30.6 Å². The van der Waals surface area contributed by atoms with Crippen molar-refractivity contribution >= 4 is 35.8 Å². The third-order valence-electron chi connectivity index (χ3n) is 4.37. The summed E-state index contributed by atoms with van der Waals surface area (Å²) in [6, 6.07) is 18.4. The van der Waals surface area contributed by atoms with Gasteiger partial charge in [0.05, 0.1) is 6.10 Å². The van der Waals surface area contributed by atoms with E-state index in [1.54, 1.807) is 0 Å². The monoisotopic (exact) mass is 392 g/mol. The highest BCUT2D eigenvalue weighted by Gasteiger charge is 2.29. The van der Waals surface area contributed by atoms with Crippen LogP contribution in [0.2, 0.25) is 0 Å². The Morgan fingerprint density at radius 3 is 2.50 bits per heavy atom. The van der Waals surface area contributed by atoms with Gasteiger partial charge in [0.25, 0.3) is 5.91 Å². The fourth-order valence-electron chi connectivity index (χ4n) is 2.90. The number of nitrogens with one attached hydrogen (secondary N) is 1. The van der Waals surface area contributed by atoms with Gasteiger partial charge in [-0.3, -0.25) is 4.79 Å². The minimum Gasteiger partial charge on any atom is -0.364 e. The fourth-order valence-corrected chi connectivity index (χ4v) is 3.92. The predicted octanol–water partition coefficient (Wildman–Crippen LogP) is 4.41. The number of anilines is 1. The summed E-state index contributed by atoms with van der Waals surface area (Å²) in [5.41, 5.74) is 7.62. The first-order valence-corrected chi connectivity index (χ1v) is 9.51. The highest BCUT2D eigenvalue weighted by molar-refractivity contribution is 7.99. The summed E-state index contributed by atoms with van der Waals surface area (Å²) in [5, 5.41) is 3.28. The van der Waals surface area contributed by atoms with Crippen molar-refractivity contribution in [2.75, 3.05) is 11.9 Å². The van der Waals surface area contributed by atoms with E-state index in [2.05, 4.69) is 36.5 Å². The van der Waals surface area contributed by atoms with E-state index in [-0.39, 0.29) is 30.5 Å². The molecule has 1 amide bonds. The van der Waals surface area contributed by atoms with Crippen LogP contribution in [0.3, 0.4) is 0 Å². The number of benzene rings is 2. The van der Waals surface area contributed by atoms with Gasteiger partial charge in [-0.1, -0.05) is 30.3 Å². The Morgan fingerprint density at radius 2 is 1.88 bits per heavy atom. The van der Waals surface area contributed by atoms with E-state index >= 15 is 0 Å². The van der Waals surface area contributed by atoms with Gasteiger partial charge in [0.2, 0.25) is 0 Å². The molecule has 1 fully saturated rings. The van der Waals surface area contributed by atoms with E-state index < -0.39 is 0 Å². The van der Waals surface area contributed by atoms with Crippen molar-refractivity contribution in [1.29, 1.82) is 0 Å². The average Bonchev–Trinajstić information content (AvgIpc) is 3.12. The molecule has 0 spiro atoms. The van der Waals surface area contributed by atoms with Gasteiger partial charge in [-0.05, 0) is 49.6 Å². The molecule has 0 aliphatic carbocycles. The van der Waals surface area contributed by atoms with Crippen LogP contribution in [0.15, 0.2) is 59.5 Å². The maximum Gasteiger partial charge on any atom is 0.253 e. The molecule has 1 aliphatic heterocycles. The Kier molecular flexibility index (Phi) is 7.97. The number of rotatable bonds is 6. The number of amides is 1. The summed E-state index contributed by atoms with van der Waals surface area (Å²) in [6.45, 7) is 2.65. The maximum atomic E-state index is 12.3. The van der Waals surface area contributed by atoms with E-state index in [9.17, 15) is 4.79 Å². The van der Waals surface area contributed by atoms with Crippen molar-refractivity contribution in [1.82, 2.24) is 0 Å². The predicted molar refractivity (Wildman–Crippen MR) is 110 cm³/mol. The summed E-state index contributed by atoms with van der Waals surface area (Å²) in [5.74, 6) is -0.0876. The zero-order chi connectivity index (χ0) is 17.6. The normalized spacial score (nSPS) is 20.2. The Bertz CT molecular complexity index is 697. The molecule has 26 heavy (non-hydrogen) atoms. The second kappa shape index (κ2) is 9.97. The summed E-state index contributed by atoms with van der Waals surface area (Å²) in [6.07, 6.45) is 1.20. The van der Waals surface area contributed by atoms with Gasteiger partial charge < -0.3 is 15.8 Å². The molecule has 2 aromatic rings.